The number of hydrogen-bond donors (Lipinski definition) is 0. The van der Waals surface area contributed by atoms with Crippen LogP contribution in [0.1, 0.15) is 47.0 Å². The summed E-state index contributed by atoms with van der Waals surface area (Å²) < 4.78 is 0. The van der Waals surface area contributed by atoms with Crippen LogP contribution < -0.4 is 0 Å². The second-order valence-electron chi connectivity index (χ2n) is 6.66. The van der Waals surface area contributed by atoms with Crippen molar-refractivity contribution >= 4 is 17.2 Å². The molecule has 0 bridgehead atoms. The van der Waals surface area contributed by atoms with Crippen molar-refractivity contribution in [3.8, 4) is 0 Å². The van der Waals surface area contributed by atoms with Crippen molar-refractivity contribution < 1.29 is 19.2 Å². The summed E-state index contributed by atoms with van der Waals surface area (Å²) in [4.78, 5) is 0. The van der Waals surface area contributed by atoms with E-state index in [2.05, 4.69) is 51.5 Å². The van der Waals surface area contributed by atoms with Crippen molar-refractivity contribution in [1.29, 1.82) is 0 Å². The molecule has 1 aliphatic rings. The molecule has 0 saturated heterocycles. The van der Waals surface area contributed by atoms with Gasteiger partial charge in [0.15, 0.2) is 0 Å². The summed E-state index contributed by atoms with van der Waals surface area (Å²) in [5.41, 5.74) is 2.69. The van der Waals surface area contributed by atoms with E-state index < -0.39 is 0 Å². The van der Waals surface area contributed by atoms with Gasteiger partial charge in [-0.2, -0.15) is 0 Å². The predicted molar refractivity (Wildman–Crippen MR) is 93.7 cm³/mol. The van der Waals surface area contributed by atoms with Crippen LogP contribution in [0.25, 0.3) is 0 Å². The summed E-state index contributed by atoms with van der Waals surface area (Å²) >= 11 is 0.500. The Morgan fingerprint density at radius 2 is 1.21 bits per heavy atom. The second-order valence-corrected chi connectivity index (χ2v) is 11.0. The monoisotopic (exact) mass is 338 g/mol. The number of rotatable bonds is 4. The van der Waals surface area contributed by atoms with Crippen molar-refractivity contribution in [1.82, 2.24) is 0 Å². The topological polar surface area (TPSA) is 0 Å². The Morgan fingerprint density at radius 1 is 0.895 bits per heavy atom. The molecule has 0 aliphatic heterocycles. The Hall–Kier alpha value is 1.57. The first-order valence-corrected chi connectivity index (χ1v) is 14.1. The average molecular weight is 338 g/mol. The zero-order valence-corrected chi connectivity index (χ0v) is 18.0. The Balaban J connectivity index is 0.000000982. The van der Waals surface area contributed by atoms with E-state index in [0.717, 1.165) is 40.3 Å². The summed E-state index contributed by atoms with van der Waals surface area (Å²) in [6.07, 6.45) is 4.52. The molecule has 0 aromatic rings. The predicted octanol–water partition coefficient (Wildman–Crippen LogP) is 5.99. The molecule has 0 N–H and O–H groups in total. The van der Waals surface area contributed by atoms with Gasteiger partial charge in [-0.1, -0.05) is 27.7 Å². The molecule has 0 spiro atoms. The minimum absolute atomic E-state index is 0.500. The summed E-state index contributed by atoms with van der Waals surface area (Å²) in [5.74, 6) is 1.70. The number of hydrogen-bond acceptors (Lipinski definition) is 0. The Bertz CT molecular complexity index is 207. The van der Waals surface area contributed by atoms with Gasteiger partial charge in [0, 0.05) is 0 Å². The molecule has 4 atom stereocenters. The van der Waals surface area contributed by atoms with E-state index in [9.17, 15) is 0 Å². The van der Waals surface area contributed by atoms with E-state index in [0.29, 0.717) is 24.6 Å². The molecule has 114 valence electrons. The van der Waals surface area contributed by atoms with E-state index in [-0.39, 0.29) is 0 Å². The summed E-state index contributed by atoms with van der Waals surface area (Å²) in [6.45, 7) is 14.6. The SMILES string of the molecule is CPC1CC(PC)CC(C(C)C)(C(C)C)C1.[CH3][Ti][CH3]. The Morgan fingerprint density at radius 3 is 1.42 bits per heavy atom. The Labute approximate surface area is 135 Å². The molecule has 1 fully saturated rings. The molecule has 3 heteroatoms. The molecule has 0 amide bonds. The van der Waals surface area contributed by atoms with Crippen molar-refractivity contribution in [2.45, 2.75) is 68.7 Å². The molecule has 19 heavy (non-hydrogen) atoms. The fourth-order valence-corrected chi connectivity index (χ4v) is 6.00. The Kier molecular flexibility index (Phi) is 11.2. The van der Waals surface area contributed by atoms with Gasteiger partial charge in [-0.05, 0) is 61.2 Å². The molecule has 0 aromatic carbocycles. The second kappa shape index (κ2) is 10.3. The molecule has 1 saturated carbocycles. The first kappa shape index (κ1) is 20.6. The van der Waals surface area contributed by atoms with Crippen LogP contribution in [0.2, 0.25) is 10.5 Å². The molecule has 1 aliphatic carbocycles. The first-order chi connectivity index (χ1) is 8.87. The molecule has 4 unspecified atom stereocenters. The van der Waals surface area contributed by atoms with Crippen molar-refractivity contribution in [2.24, 2.45) is 17.3 Å². The van der Waals surface area contributed by atoms with Gasteiger partial charge in [-0.15, -0.1) is 17.2 Å². The van der Waals surface area contributed by atoms with Crippen LogP contribution in [0.3, 0.4) is 0 Å². The maximum atomic E-state index is 2.46. The zero-order chi connectivity index (χ0) is 15.1. The quantitative estimate of drug-likeness (QED) is 0.436. The van der Waals surface area contributed by atoms with Gasteiger partial charge in [-0.25, -0.2) is 0 Å². The minimum atomic E-state index is 0.500. The standard InChI is InChI=1S/C14H30P2.2CH3.Ti/c1-10(2)14(11(3)4)8-12(15-5)7-13(9-14)16-6;;;/h10-13,15-16H,7-9H2,1-6H3;2*1H3;. The molecule has 0 radical (unpaired) electrons. The normalized spacial score (nSPS) is 27.3. The third-order valence-electron chi connectivity index (χ3n) is 4.94. The molecular formula is C16H36P2Ti. The van der Waals surface area contributed by atoms with Crippen LogP contribution in [-0.4, -0.2) is 24.6 Å². The van der Waals surface area contributed by atoms with E-state index >= 15 is 0 Å². The van der Waals surface area contributed by atoms with E-state index in [1.54, 1.807) is 0 Å². The maximum absolute atomic E-state index is 2.46. The van der Waals surface area contributed by atoms with Gasteiger partial charge in [0.2, 0.25) is 0 Å². The van der Waals surface area contributed by atoms with Crippen LogP contribution in [0, 0.1) is 17.3 Å². The van der Waals surface area contributed by atoms with E-state index in [4.69, 9.17) is 0 Å². The van der Waals surface area contributed by atoms with Crippen LogP contribution in [-0.2, 0) is 19.2 Å². The summed E-state index contributed by atoms with van der Waals surface area (Å²) in [6, 6.07) is 0. The van der Waals surface area contributed by atoms with E-state index in [1.165, 1.54) is 19.3 Å². The average Bonchev–Trinajstić information content (AvgIpc) is 2.38. The van der Waals surface area contributed by atoms with Crippen LogP contribution >= 0.6 is 17.2 Å². The van der Waals surface area contributed by atoms with Crippen molar-refractivity contribution in [3.05, 3.63) is 0 Å². The van der Waals surface area contributed by atoms with Gasteiger partial charge >= 0.3 is 29.6 Å². The molecular weight excluding hydrogens is 302 g/mol. The third kappa shape index (κ3) is 6.06. The molecule has 1 rings (SSSR count). The van der Waals surface area contributed by atoms with Gasteiger partial charge in [0.25, 0.3) is 0 Å². The van der Waals surface area contributed by atoms with E-state index in [1.807, 2.05) is 0 Å². The zero-order valence-electron chi connectivity index (χ0n) is 14.4. The third-order valence-corrected chi connectivity index (χ3v) is 7.45. The fourth-order valence-electron chi connectivity index (χ4n) is 3.56. The van der Waals surface area contributed by atoms with Crippen LogP contribution in [0.4, 0.5) is 0 Å². The summed E-state index contributed by atoms with van der Waals surface area (Å²) in [5, 5.41) is 4.50. The van der Waals surface area contributed by atoms with Gasteiger partial charge < -0.3 is 0 Å². The fraction of sp³-hybridized carbons (Fsp3) is 1.00. The molecule has 0 aromatic heterocycles. The van der Waals surface area contributed by atoms with Gasteiger partial charge in [0.05, 0.1) is 0 Å². The van der Waals surface area contributed by atoms with Gasteiger partial charge in [-0.3, -0.25) is 0 Å². The molecule has 0 heterocycles. The first-order valence-electron chi connectivity index (χ1n) is 7.80. The van der Waals surface area contributed by atoms with Crippen molar-refractivity contribution in [3.63, 3.8) is 0 Å². The van der Waals surface area contributed by atoms with Crippen LogP contribution in [0.5, 0.6) is 0 Å². The van der Waals surface area contributed by atoms with Crippen molar-refractivity contribution in [2.75, 3.05) is 13.3 Å². The van der Waals surface area contributed by atoms with Crippen LogP contribution in [0.15, 0.2) is 0 Å². The van der Waals surface area contributed by atoms with Gasteiger partial charge in [0.1, 0.15) is 0 Å². The molecule has 0 nitrogen and oxygen atoms in total. The summed E-state index contributed by atoms with van der Waals surface area (Å²) in [7, 11) is 2.31.